The molecule has 1 aromatic carbocycles. The van der Waals surface area contributed by atoms with Gasteiger partial charge in [0.15, 0.2) is 5.78 Å². The highest BCUT2D eigenvalue weighted by Gasteiger charge is 2.32. The van der Waals surface area contributed by atoms with Crippen LogP contribution in [0.5, 0.6) is 0 Å². The molecule has 0 saturated carbocycles. The molecule has 0 aliphatic heterocycles. The van der Waals surface area contributed by atoms with Crippen molar-refractivity contribution in [2.45, 2.75) is 46.3 Å². The minimum atomic E-state index is -4.53. The van der Waals surface area contributed by atoms with Gasteiger partial charge in [-0.3, -0.25) is 9.89 Å². The zero-order chi connectivity index (χ0) is 20.2. The van der Waals surface area contributed by atoms with Crippen molar-refractivity contribution in [3.05, 3.63) is 41.1 Å². The van der Waals surface area contributed by atoms with Gasteiger partial charge in [-0.15, -0.1) is 0 Å². The van der Waals surface area contributed by atoms with Crippen molar-refractivity contribution in [3.63, 3.8) is 0 Å². The molecule has 27 heavy (non-hydrogen) atoms. The molecule has 0 bridgehead atoms. The SMILES string of the molecule is CCCCN(C)Cc1cn[nH]c1-c1cc(C(=O)C(C)C)cc(C(F)(F)F)c1. The Hall–Kier alpha value is -2.15. The fourth-order valence-electron chi connectivity index (χ4n) is 2.89. The standard InChI is InChI=1S/C20H26F3N3O/c1-5-6-7-26(4)12-16-11-24-25-18(16)14-8-15(19(27)13(2)3)10-17(9-14)20(21,22)23/h8-11,13H,5-7,12H2,1-4H3,(H,24,25). The summed E-state index contributed by atoms with van der Waals surface area (Å²) in [4.78, 5) is 14.4. The van der Waals surface area contributed by atoms with Crippen LogP contribution in [0.25, 0.3) is 11.3 Å². The van der Waals surface area contributed by atoms with Crippen molar-refractivity contribution in [1.29, 1.82) is 0 Å². The Morgan fingerprint density at radius 2 is 1.96 bits per heavy atom. The van der Waals surface area contributed by atoms with E-state index < -0.39 is 11.7 Å². The van der Waals surface area contributed by atoms with Crippen molar-refractivity contribution in [1.82, 2.24) is 15.1 Å². The van der Waals surface area contributed by atoms with Crippen LogP contribution >= 0.6 is 0 Å². The normalized spacial score (nSPS) is 12.2. The van der Waals surface area contributed by atoms with Crippen molar-refractivity contribution >= 4 is 5.78 Å². The highest BCUT2D eigenvalue weighted by molar-refractivity contribution is 5.98. The summed E-state index contributed by atoms with van der Waals surface area (Å²) in [6, 6.07) is 3.51. The molecular weight excluding hydrogens is 355 g/mol. The van der Waals surface area contributed by atoms with Gasteiger partial charge in [-0.2, -0.15) is 18.3 Å². The van der Waals surface area contributed by atoms with Crippen LogP contribution in [0.15, 0.2) is 24.4 Å². The fraction of sp³-hybridized carbons (Fsp3) is 0.500. The number of halogens is 3. The van der Waals surface area contributed by atoms with Gasteiger partial charge in [0.2, 0.25) is 0 Å². The topological polar surface area (TPSA) is 49.0 Å². The fourth-order valence-corrected chi connectivity index (χ4v) is 2.89. The van der Waals surface area contributed by atoms with Gasteiger partial charge in [-0.25, -0.2) is 0 Å². The predicted octanol–water partition coefficient (Wildman–Crippen LogP) is 5.17. The molecule has 2 aromatic rings. The summed E-state index contributed by atoms with van der Waals surface area (Å²) >= 11 is 0. The minimum Gasteiger partial charge on any atom is -0.302 e. The Bertz CT molecular complexity index is 781. The highest BCUT2D eigenvalue weighted by atomic mass is 19.4. The number of aromatic nitrogens is 2. The van der Waals surface area contributed by atoms with Crippen LogP contribution in [-0.4, -0.2) is 34.5 Å². The number of Topliss-reactive ketones (excluding diaryl/α,β-unsaturated/α-hetero) is 1. The number of carbonyl (C=O) groups is 1. The van der Waals surface area contributed by atoms with E-state index in [1.165, 1.54) is 6.07 Å². The van der Waals surface area contributed by atoms with Crippen LogP contribution in [0.2, 0.25) is 0 Å². The number of hydrogen-bond acceptors (Lipinski definition) is 3. The van der Waals surface area contributed by atoms with E-state index in [9.17, 15) is 18.0 Å². The summed E-state index contributed by atoms with van der Waals surface area (Å²) in [5, 5.41) is 6.82. The second kappa shape index (κ2) is 8.69. The number of alkyl halides is 3. The van der Waals surface area contributed by atoms with Crippen molar-refractivity contribution in [2.24, 2.45) is 5.92 Å². The molecule has 0 fully saturated rings. The lowest BCUT2D eigenvalue weighted by Gasteiger charge is -2.17. The smallest absolute Gasteiger partial charge is 0.302 e. The molecule has 7 heteroatoms. The average Bonchev–Trinajstić information content (AvgIpc) is 3.06. The Labute approximate surface area is 157 Å². The molecule has 0 saturated heterocycles. The Morgan fingerprint density at radius 3 is 2.56 bits per heavy atom. The second-order valence-electron chi connectivity index (χ2n) is 7.18. The van der Waals surface area contributed by atoms with E-state index in [0.29, 0.717) is 17.8 Å². The summed E-state index contributed by atoms with van der Waals surface area (Å²) in [5.41, 5.74) is 0.877. The molecule has 1 aromatic heterocycles. The molecule has 0 radical (unpaired) electrons. The van der Waals surface area contributed by atoms with E-state index >= 15 is 0 Å². The Kier molecular flexibility index (Phi) is 6.81. The number of unbranched alkanes of at least 4 members (excludes halogenated alkanes) is 1. The predicted molar refractivity (Wildman–Crippen MR) is 99.4 cm³/mol. The molecule has 4 nitrogen and oxygen atoms in total. The van der Waals surface area contributed by atoms with Gasteiger partial charge in [-0.05, 0) is 38.2 Å². The van der Waals surface area contributed by atoms with Crippen LogP contribution in [0.4, 0.5) is 13.2 Å². The molecule has 0 amide bonds. The molecule has 2 rings (SSSR count). The first-order valence-electron chi connectivity index (χ1n) is 9.11. The van der Waals surface area contributed by atoms with Crippen LogP contribution in [0, 0.1) is 5.92 Å². The maximum Gasteiger partial charge on any atom is 0.416 e. The first kappa shape index (κ1) is 21.2. The van der Waals surface area contributed by atoms with Crippen molar-refractivity contribution < 1.29 is 18.0 Å². The van der Waals surface area contributed by atoms with Crippen LogP contribution < -0.4 is 0 Å². The molecule has 148 valence electrons. The zero-order valence-electron chi connectivity index (χ0n) is 16.2. The third-order valence-corrected chi connectivity index (χ3v) is 4.41. The van der Waals surface area contributed by atoms with E-state index in [2.05, 4.69) is 22.0 Å². The lowest BCUT2D eigenvalue weighted by molar-refractivity contribution is -0.137. The Morgan fingerprint density at radius 1 is 1.26 bits per heavy atom. The van der Waals surface area contributed by atoms with Crippen LogP contribution in [0.3, 0.4) is 0 Å². The molecule has 0 aliphatic rings. The number of hydrogen-bond donors (Lipinski definition) is 1. The minimum absolute atomic E-state index is 0.0645. The summed E-state index contributed by atoms with van der Waals surface area (Å²) in [7, 11) is 1.96. The largest absolute Gasteiger partial charge is 0.416 e. The first-order chi connectivity index (χ1) is 12.6. The zero-order valence-corrected chi connectivity index (χ0v) is 16.2. The van der Waals surface area contributed by atoms with Crippen LogP contribution in [-0.2, 0) is 12.7 Å². The monoisotopic (exact) mass is 381 g/mol. The van der Waals surface area contributed by atoms with E-state index in [4.69, 9.17) is 0 Å². The summed E-state index contributed by atoms with van der Waals surface area (Å²) in [6.07, 6.45) is -0.792. The summed E-state index contributed by atoms with van der Waals surface area (Å²) < 4.78 is 40.1. The lowest BCUT2D eigenvalue weighted by Crippen LogP contribution is -2.19. The molecule has 0 atom stereocenters. The van der Waals surface area contributed by atoms with E-state index in [0.717, 1.165) is 37.1 Å². The number of aromatic amines is 1. The maximum absolute atomic E-state index is 13.4. The van der Waals surface area contributed by atoms with Gasteiger partial charge in [0.25, 0.3) is 0 Å². The van der Waals surface area contributed by atoms with Gasteiger partial charge in [0, 0.05) is 29.2 Å². The first-order valence-corrected chi connectivity index (χ1v) is 9.11. The van der Waals surface area contributed by atoms with Crippen LogP contribution in [0.1, 0.15) is 55.1 Å². The molecule has 1 heterocycles. The van der Waals surface area contributed by atoms with E-state index in [1.807, 2.05) is 7.05 Å². The summed E-state index contributed by atoms with van der Waals surface area (Å²) in [6.45, 7) is 6.91. The Balaban J connectivity index is 2.45. The quantitative estimate of drug-likeness (QED) is 0.642. The van der Waals surface area contributed by atoms with Gasteiger partial charge < -0.3 is 4.90 Å². The van der Waals surface area contributed by atoms with Gasteiger partial charge in [-0.1, -0.05) is 27.2 Å². The number of carbonyl (C=O) groups excluding carboxylic acids is 1. The van der Waals surface area contributed by atoms with E-state index in [-0.39, 0.29) is 17.3 Å². The number of ketones is 1. The second-order valence-corrected chi connectivity index (χ2v) is 7.18. The number of rotatable bonds is 8. The van der Waals surface area contributed by atoms with Gasteiger partial charge in [0.05, 0.1) is 17.5 Å². The number of benzene rings is 1. The van der Waals surface area contributed by atoms with Gasteiger partial charge >= 0.3 is 6.18 Å². The molecule has 0 unspecified atom stereocenters. The third-order valence-electron chi connectivity index (χ3n) is 4.41. The van der Waals surface area contributed by atoms with Gasteiger partial charge in [0.1, 0.15) is 0 Å². The van der Waals surface area contributed by atoms with Crippen molar-refractivity contribution in [2.75, 3.05) is 13.6 Å². The number of H-pyrrole nitrogens is 1. The molecule has 1 N–H and O–H groups in total. The summed E-state index contributed by atoms with van der Waals surface area (Å²) in [5.74, 6) is -0.703. The molecule has 0 aliphatic carbocycles. The van der Waals surface area contributed by atoms with Crippen molar-refractivity contribution in [3.8, 4) is 11.3 Å². The average molecular weight is 381 g/mol. The van der Waals surface area contributed by atoms with E-state index in [1.54, 1.807) is 20.0 Å². The lowest BCUT2D eigenvalue weighted by atomic mass is 9.95. The maximum atomic E-state index is 13.4. The molecule has 0 spiro atoms. The highest BCUT2D eigenvalue weighted by Crippen LogP contribution is 2.34. The number of nitrogens with zero attached hydrogens (tertiary/aromatic N) is 2. The number of nitrogens with one attached hydrogen (secondary N) is 1. The molecular formula is C20H26F3N3O. The third kappa shape index (κ3) is 5.42.